The summed E-state index contributed by atoms with van der Waals surface area (Å²) in [4.78, 5) is 11.1. The molecule has 1 aliphatic rings. The van der Waals surface area contributed by atoms with E-state index in [-0.39, 0.29) is 5.97 Å². The van der Waals surface area contributed by atoms with Gasteiger partial charge in [0.05, 0.1) is 13.0 Å². The van der Waals surface area contributed by atoms with Crippen LogP contribution in [0.25, 0.3) is 0 Å². The van der Waals surface area contributed by atoms with Crippen molar-refractivity contribution >= 4 is 5.97 Å². The molecule has 0 aromatic rings. The van der Waals surface area contributed by atoms with E-state index in [1.54, 1.807) is 0 Å². The van der Waals surface area contributed by atoms with Gasteiger partial charge in [-0.15, -0.1) is 0 Å². The first kappa shape index (κ1) is 12.5. The van der Waals surface area contributed by atoms with Crippen LogP contribution in [0, 0.1) is 5.41 Å². The number of hydrogen-bond acceptors (Lipinski definition) is 3. The van der Waals surface area contributed by atoms with Gasteiger partial charge in [-0.3, -0.25) is 4.79 Å². The summed E-state index contributed by atoms with van der Waals surface area (Å²) in [7, 11) is 0. The Morgan fingerprint density at radius 2 is 2.13 bits per heavy atom. The summed E-state index contributed by atoms with van der Waals surface area (Å²) in [6.45, 7) is 6.39. The molecule has 0 aromatic carbocycles. The highest BCUT2D eigenvalue weighted by molar-refractivity contribution is 5.69. The van der Waals surface area contributed by atoms with Crippen LogP contribution < -0.4 is 5.32 Å². The molecule has 1 aliphatic carbocycles. The van der Waals surface area contributed by atoms with Crippen molar-refractivity contribution in [3.63, 3.8) is 0 Å². The smallest absolute Gasteiger partial charge is 0.307 e. The molecule has 0 spiro atoms. The lowest BCUT2D eigenvalue weighted by molar-refractivity contribution is -0.143. The molecule has 0 bridgehead atoms. The number of rotatable bonds is 7. The standard InChI is InChI=1S/C12H23NO2/c1-3-12(7-5-8-12)10-13-9-6-11(14)15-4-2/h13H,3-10H2,1-2H3. The summed E-state index contributed by atoms with van der Waals surface area (Å²) in [6, 6.07) is 0. The van der Waals surface area contributed by atoms with Crippen molar-refractivity contribution in [2.24, 2.45) is 5.41 Å². The van der Waals surface area contributed by atoms with Crippen molar-refractivity contribution in [3.05, 3.63) is 0 Å². The number of nitrogens with one attached hydrogen (secondary N) is 1. The van der Waals surface area contributed by atoms with Crippen molar-refractivity contribution in [2.45, 2.75) is 46.0 Å². The van der Waals surface area contributed by atoms with Gasteiger partial charge in [0.2, 0.25) is 0 Å². The van der Waals surface area contributed by atoms with E-state index < -0.39 is 0 Å². The van der Waals surface area contributed by atoms with Gasteiger partial charge in [0.25, 0.3) is 0 Å². The molecule has 88 valence electrons. The quantitative estimate of drug-likeness (QED) is 0.520. The Balaban J connectivity index is 2.03. The largest absolute Gasteiger partial charge is 0.466 e. The van der Waals surface area contributed by atoms with Gasteiger partial charge in [0.15, 0.2) is 0 Å². The third kappa shape index (κ3) is 3.82. The molecule has 3 heteroatoms. The fraction of sp³-hybridized carbons (Fsp3) is 0.917. The van der Waals surface area contributed by atoms with Crippen LogP contribution in [0.1, 0.15) is 46.0 Å². The zero-order chi connectivity index (χ0) is 11.1. The maximum atomic E-state index is 11.1. The Morgan fingerprint density at radius 3 is 2.60 bits per heavy atom. The van der Waals surface area contributed by atoms with Gasteiger partial charge in [-0.1, -0.05) is 13.3 Å². The van der Waals surface area contributed by atoms with Crippen molar-refractivity contribution in [1.82, 2.24) is 5.32 Å². The van der Waals surface area contributed by atoms with Crippen LogP contribution in [0.5, 0.6) is 0 Å². The zero-order valence-corrected chi connectivity index (χ0v) is 9.97. The molecule has 1 rings (SSSR count). The maximum absolute atomic E-state index is 11.1. The molecule has 0 aliphatic heterocycles. The van der Waals surface area contributed by atoms with Gasteiger partial charge in [-0.2, -0.15) is 0 Å². The average Bonchev–Trinajstić information content (AvgIpc) is 2.16. The minimum absolute atomic E-state index is 0.0934. The van der Waals surface area contributed by atoms with Gasteiger partial charge in [0, 0.05) is 13.1 Å². The second-order valence-corrected chi connectivity index (χ2v) is 4.44. The zero-order valence-electron chi connectivity index (χ0n) is 9.97. The van der Waals surface area contributed by atoms with E-state index in [1.807, 2.05) is 6.92 Å². The van der Waals surface area contributed by atoms with Crippen LogP contribution in [0.2, 0.25) is 0 Å². The predicted octanol–water partition coefficient (Wildman–Crippen LogP) is 2.11. The van der Waals surface area contributed by atoms with E-state index in [0.29, 0.717) is 18.4 Å². The number of hydrogen-bond donors (Lipinski definition) is 1. The summed E-state index contributed by atoms with van der Waals surface area (Å²) in [5.74, 6) is -0.0934. The molecule has 15 heavy (non-hydrogen) atoms. The third-order valence-corrected chi connectivity index (χ3v) is 3.48. The molecule has 0 unspecified atom stereocenters. The maximum Gasteiger partial charge on any atom is 0.307 e. The molecule has 1 N–H and O–H groups in total. The molecule has 3 nitrogen and oxygen atoms in total. The first-order valence-electron chi connectivity index (χ1n) is 6.09. The van der Waals surface area contributed by atoms with Gasteiger partial charge in [0.1, 0.15) is 0 Å². The van der Waals surface area contributed by atoms with Gasteiger partial charge in [-0.05, 0) is 31.6 Å². The highest BCUT2D eigenvalue weighted by atomic mass is 16.5. The van der Waals surface area contributed by atoms with Gasteiger partial charge >= 0.3 is 5.97 Å². The van der Waals surface area contributed by atoms with E-state index in [1.165, 1.54) is 25.7 Å². The third-order valence-electron chi connectivity index (χ3n) is 3.48. The Morgan fingerprint density at radius 1 is 1.40 bits per heavy atom. The summed E-state index contributed by atoms with van der Waals surface area (Å²) in [5.41, 5.74) is 0.536. The Hall–Kier alpha value is -0.570. The summed E-state index contributed by atoms with van der Waals surface area (Å²) >= 11 is 0. The van der Waals surface area contributed by atoms with E-state index in [2.05, 4.69) is 12.2 Å². The second kappa shape index (κ2) is 6.11. The Labute approximate surface area is 92.6 Å². The van der Waals surface area contributed by atoms with E-state index in [4.69, 9.17) is 4.74 Å². The lowest BCUT2D eigenvalue weighted by Crippen LogP contribution is -2.40. The molecule has 1 saturated carbocycles. The lowest BCUT2D eigenvalue weighted by atomic mass is 9.67. The van der Waals surface area contributed by atoms with Crippen molar-refractivity contribution in [3.8, 4) is 0 Å². The van der Waals surface area contributed by atoms with E-state index >= 15 is 0 Å². The summed E-state index contributed by atoms with van der Waals surface area (Å²) in [5, 5.41) is 3.37. The normalized spacial score (nSPS) is 18.3. The first-order valence-corrected chi connectivity index (χ1v) is 6.09. The SMILES string of the molecule is CCOC(=O)CCNCC1(CC)CCC1. The first-order chi connectivity index (χ1) is 7.22. The monoisotopic (exact) mass is 213 g/mol. The van der Waals surface area contributed by atoms with Crippen LogP contribution in [-0.4, -0.2) is 25.7 Å². The lowest BCUT2D eigenvalue weighted by Gasteiger charge is -2.41. The highest BCUT2D eigenvalue weighted by Crippen LogP contribution is 2.42. The molecule has 0 aromatic heterocycles. The van der Waals surface area contributed by atoms with Gasteiger partial charge in [-0.25, -0.2) is 0 Å². The minimum Gasteiger partial charge on any atom is -0.466 e. The average molecular weight is 213 g/mol. The van der Waals surface area contributed by atoms with E-state index in [0.717, 1.165) is 13.1 Å². The van der Waals surface area contributed by atoms with E-state index in [9.17, 15) is 4.79 Å². The number of carbonyl (C=O) groups excluding carboxylic acids is 1. The summed E-state index contributed by atoms with van der Waals surface area (Å²) in [6.07, 6.45) is 5.80. The Bertz CT molecular complexity index is 194. The molecular weight excluding hydrogens is 190 g/mol. The van der Waals surface area contributed by atoms with Crippen molar-refractivity contribution in [2.75, 3.05) is 19.7 Å². The number of carbonyl (C=O) groups is 1. The predicted molar refractivity (Wildman–Crippen MR) is 60.7 cm³/mol. The van der Waals surface area contributed by atoms with Gasteiger partial charge < -0.3 is 10.1 Å². The van der Waals surface area contributed by atoms with Crippen LogP contribution in [0.3, 0.4) is 0 Å². The molecule has 0 amide bonds. The van der Waals surface area contributed by atoms with Crippen molar-refractivity contribution < 1.29 is 9.53 Å². The Kier molecular flexibility index (Phi) is 5.09. The highest BCUT2D eigenvalue weighted by Gasteiger charge is 2.34. The number of ether oxygens (including phenoxy) is 1. The second-order valence-electron chi connectivity index (χ2n) is 4.44. The molecule has 0 heterocycles. The topological polar surface area (TPSA) is 38.3 Å². The van der Waals surface area contributed by atoms with Crippen molar-refractivity contribution in [1.29, 1.82) is 0 Å². The fourth-order valence-corrected chi connectivity index (χ4v) is 2.11. The molecule has 0 saturated heterocycles. The number of esters is 1. The minimum atomic E-state index is -0.0934. The summed E-state index contributed by atoms with van der Waals surface area (Å²) < 4.78 is 4.86. The molecule has 0 atom stereocenters. The molecular formula is C12H23NO2. The van der Waals surface area contributed by atoms with Crippen LogP contribution in [-0.2, 0) is 9.53 Å². The molecule has 0 radical (unpaired) electrons. The fourth-order valence-electron chi connectivity index (χ4n) is 2.11. The van der Waals surface area contributed by atoms with Crippen LogP contribution in [0.15, 0.2) is 0 Å². The van der Waals surface area contributed by atoms with Crippen LogP contribution in [0.4, 0.5) is 0 Å². The van der Waals surface area contributed by atoms with Crippen LogP contribution >= 0.6 is 0 Å². The molecule has 1 fully saturated rings.